The van der Waals surface area contributed by atoms with Crippen molar-refractivity contribution in [2.45, 2.75) is 26.2 Å². The zero-order chi connectivity index (χ0) is 13.1. The summed E-state index contributed by atoms with van der Waals surface area (Å²) in [6, 6.07) is 0. The summed E-state index contributed by atoms with van der Waals surface area (Å²) in [5, 5.41) is 3.46. The van der Waals surface area contributed by atoms with Crippen LogP contribution in [-0.2, 0) is 6.42 Å². The second-order valence-corrected chi connectivity index (χ2v) is 5.03. The zero-order valence-corrected chi connectivity index (χ0v) is 11.4. The van der Waals surface area contributed by atoms with Gasteiger partial charge in [0.05, 0.1) is 5.69 Å². The van der Waals surface area contributed by atoms with Gasteiger partial charge in [0, 0.05) is 68.9 Å². The van der Waals surface area contributed by atoms with Crippen LogP contribution in [0.15, 0.2) is 41.6 Å². The summed E-state index contributed by atoms with van der Waals surface area (Å²) in [4.78, 5) is 11.0. The monoisotopic (exact) mass is 256 g/mol. The lowest BCUT2D eigenvalue weighted by atomic mass is 10.1. The summed E-state index contributed by atoms with van der Waals surface area (Å²) in [7, 11) is 0. The largest absolute Gasteiger partial charge is 0.348 e. The molecule has 0 amide bonds. The minimum Gasteiger partial charge on any atom is -0.348 e. The predicted octanol–water partition coefficient (Wildman–Crippen LogP) is 1.88. The van der Waals surface area contributed by atoms with E-state index in [4.69, 9.17) is 0 Å². The number of hydrogen-bond donors (Lipinski definition) is 1. The topological polar surface area (TPSA) is 41.0 Å². The third-order valence-electron chi connectivity index (χ3n) is 3.89. The third kappa shape index (κ3) is 2.54. The summed E-state index contributed by atoms with van der Waals surface area (Å²) in [6.07, 6.45) is 10.8. The number of nitrogens with zero attached hydrogens (tertiary/aromatic N) is 3. The van der Waals surface area contributed by atoms with E-state index in [1.165, 1.54) is 11.4 Å². The maximum atomic E-state index is 4.36. The van der Waals surface area contributed by atoms with Gasteiger partial charge in [-0.05, 0) is 12.5 Å². The molecule has 1 N–H and O–H groups in total. The second-order valence-electron chi connectivity index (χ2n) is 5.03. The molecule has 0 saturated carbocycles. The minimum atomic E-state index is 0.954. The highest BCUT2D eigenvalue weighted by Gasteiger charge is 2.27. The summed E-state index contributed by atoms with van der Waals surface area (Å²) < 4.78 is 0. The van der Waals surface area contributed by atoms with E-state index in [-0.39, 0.29) is 0 Å². The molecule has 1 aromatic rings. The van der Waals surface area contributed by atoms with Crippen LogP contribution in [0.1, 0.15) is 25.5 Å². The molecular formula is C15H20N4. The van der Waals surface area contributed by atoms with E-state index in [1.54, 1.807) is 18.0 Å². The van der Waals surface area contributed by atoms with Gasteiger partial charge in [0.25, 0.3) is 0 Å². The van der Waals surface area contributed by atoms with Gasteiger partial charge in [-0.15, -0.1) is 0 Å². The Bertz CT molecular complexity index is 504. The number of hydrogen-bond acceptors (Lipinski definition) is 4. The summed E-state index contributed by atoms with van der Waals surface area (Å²) >= 11 is 0. The third-order valence-corrected chi connectivity index (χ3v) is 3.89. The van der Waals surface area contributed by atoms with Gasteiger partial charge in [0.1, 0.15) is 0 Å². The molecule has 0 unspecified atom stereocenters. The fraction of sp³-hybridized carbons (Fsp3) is 0.467. The Morgan fingerprint density at radius 1 is 1.42 bits per heavy atom. The Hall–Kier alpha value is -1.68. The van der Waals surface area contributed by atoms with Crippen molar-refractivity contribution in [2.24, 2.45) is 0 Å². The van der Waals surface area contributed by atoms with Gasteiger partial charge in [0.15, 0.2) is 0 Å². The normalized spacial score (nSPS) is 21.1. The lowest BCUT2D eigenvalue weighted by Crippen LogP contribution is -2.28. The maximum absolute atomic E-state index is 4.36. The molecule has 0 aromatic carbocycles. The highest BCUT2D eigenvalue weighted by Crippen LogP contribution is 2.34. The van der Waals surface area contributed by atoms with Crippen molar-refractivity contribution in [1.29, 1.82) is 0 Å². The predicted molar refractivity (Wildman–Crippen MR) is 75.3 cm³/mol. The van der Waals surface area contributed by atoms with E-state index in [0.29, 0.717) is 0 Å². The van der Waals surface area contributed by atoms with Gasteiger partial charge in [0.2, 0.25) is 0 Å². The van der Waals surface area contributed by atoms with Crippen molar-refractivity contribution in [1.82, 2.24) is 20.2 Å². The first-order valence-electron chi connectivity index (χ1n) is 6.97. The van der Waals surface area contributed by atoms with Crippen molar-refractivity contribution in [2.75, 3.05) is 19.6 Å². The van der Waals surface area contributed by atoms with E-state index < -0.39 is 0 Å². The van der Waals surface area contributed by atoms with Gasteiger partial charge in [-0.2, -0.15) is 0 Å². The maximum Gasteiger partial charge on any atom is 0.0604 e. The lowest BCUT2D eigenvalue weighted by Gasteiger charge is -2.26. The molecule has 4 nitrogen and oxygen atoms in total. The van der Waals surface area contributed by atoms with Gasteiger partial charge in [-0.1, -0.05) is 6.08 Å². The molecule has 1 aromatic heterocycles. The molecule has 3 rings (SSSR count). The number of rotatable bonds is 3. The fourth-order valence-corrected chi connectivity index (χ4v) is 2.92. The van der Waals surface area contributed by atoms with Crippen LogP contribution < -0.4 is 5.32 Å². The van der Waals surface area contributed by atoms with Gasteiger partial charge in [-0.25, -0.2) is 0 Å². The molecule has 0 atom stereocenters. The molecule has 0 radical (unpaired) electrons. The van der Waals surface area contributed by atoms with Gasteiger partial charge < -0.3 is 10.2 Å². The summed E-state index contributed by atoms with van der Waals surface area (Å²) in [5.41, 5.74) is 5.62. The van der Waals surface area contributed by atoms with Crippen LogP contribution in [0.3, 0.4) is 0 Å². The molecule has 2 aliphatic rings. The standard InChI is InChI=1S/C15H20N4/c1-2-14-9-12-10-16-5-3-15(12)19(14)8-4-13-11-17-6-7-18-13/h2,6-7,11,16H,3-5,8-10H2,1H3/b14-2+. The average Bonchev–Trinajstić information content (AvgIpc) is 2.84. The highest BCUT2D eigenvalue weighted by atomic mass is 15.2. The zero-order valence-electron chi connectivity index (χ0n) is 11.4. The molecule has 19 heavy (non-hydrogen) atoms. The van der Waals surface area contributed by atoms with Crippen molar-refractivity contribution in [3.63, 3.8) is 0 Å². The molecule has 0 saturated heterocycles. The van der Waals surface area contributed by atoms with E-state index in [2.05, 4.69) is 33.2 Å². The van der Waals surface area contributed by atoms with E-state index in [1.807, 2.05) is 6.20 Å². The Labute approximate surface area is 114 Å². The van der Waals surface area contributed by atoms with Crippen LogP contribution in [0.25, 0.3) is 0 Å². The Kier molecular flexibility index (Phi) is 3.60. The van der Waals surface area contributed by atoms with Gasteiger partial charge >= 0.3 is 0 Å². The first kappa shape index (κ1) is 12.4. The van der Waals surface area contributed by atoms with Crippen LogP contribution in [0.4, 0.5) is 0 Å². The van der Waals surface area contributed by atoms with E-state index in [0.717, 1.165) is 44.6 Å². The Morgan fingerprint density at radius 2 is 2.37 bits per heavy atom. The molecular weight excluding hydrogens is 236 g/mol. The number of nitrogens with one attached hydrogen (secondary N) is 1. The van der Waals surface area contributed by atoms with Crippen LogP contribution in [-0.4, -0.2) is 34.5 Å². The molecule has 3 heterocycles. The van der Waals surface area contributed by atoms with E-state index in [9.17, 15) is 0 Å². The molecule has 0 spiro atoms. The second kappa shape index (κ2) is 5.53. The first-order chi connectivity index (χ1) is 9.38. The molecule has 0 fully saturated rings. The van der Waals surface area contributed by atoms with Crippen LogP contribution in [0, 0.1) is 0 Å². The van der Waals surface area contributed by atoms with E-state index >= 15 is 0 Å². The number of allylic oxidation sites excluding steroid dienone is 2. The van der Waals surface area contributed by atoms with Crippen molar-refractivity contribution < 1.29 is 0 Å². The number of aromatic nitrogens is 2. The SMILES string of the molecule is C/C=C1\CC2=C(CCNC2)N1CCc1cnccn1. The molecule has 4 heteroatoms. The smallest absolute Gasteiger partial charge is 0.0604 e. The molecule has 0 aliphatic carbocycles. The van der Waals surface area contributed by atoms with Crippen molar-refractivity contribution in [3.8, 4) is 0 Å². The lowest BCUT2D eigenvalue weighted by molar-refractivity contribution is 0.419. The van der Waals surface area contributed by atoms with Crippen molar-refractivity contribution >= 4 is 0 Å². The molecule has 100 valence electrons. The minimum absolute atomic E-state index is 0.954. The average molecular weight is 256 g/mol. The van der Waals surface area contributed by atoms with Crippen LogP contribution >= 0.6 is 0 Å². The Balaban J connectivity index is 1.73. The quantitative estimate of drug-likeness (QED) is 0.896. The molecule has 0 bridgehead atoms. The summed E-state index contributed by atoms with van der Waals surface area (Å²) in [5.74, 6) is 0. The molecule has 2 aliphatic heterocycles. The highest BCUT2D eigenvalue weighted by molar-refractivity contribution is 5.34. The van der Waals surface area contributed by atoms with Crippen LogP contribution in [0.2, 0.25) is 0 Å². The fourth-order valence-electron chi connectivity index (χ4n) is 2.92. The van der Waals surface area contributed by atoms with Gasteiger partial charge in [-0.3, -0.25) is 9.97 Å². The van der Waals surface area contributed by atoms with Crippen molar-refractivity contribution in [3.05, 3.63) is 47.3 Å². The Morgan fingerprint density at radius 3 is 3.16 bits per heavy atom. The first-order valence-corrected chi connectivity index (χ1v) is 6.97. The van der Waals surface area contributed by atoms with Crippen LogP contribution in [0.5, 0.6) is 0 Å². The summed E-state index contributed by atoms with van der Waals surface area (Å²) in [6.45, 7) is 5.29.